The lowest BCUT2D eigenvalue weighted by molar-refractivity contribution is -0.136. The number of carbonyl (C=O) groups excluding carboxylic acids is 2. The number of benzene rings is 2. The number of hydrogen-bond acceptors (Lipinski definition) is 8. The fourth-order valence-corrected chi connectivity index (χ4v) is 7.37. The van der Waals surface area contributed by atoms with E-state index in [1.54, 1.807) is 11.2 Å². The number of aromatic nitrogens is 3. The quantitative estimate of drug-likeness (QED) is 0.152. The monoisotopic (exact) mass is 682 g/mol. The van der Waals surface area contributed by atoms with Crippen LogP contribution in [-0.2, 0) is 40.2 Å². The van der Waals surface area contributed by atoms with Crippen LogP contribution >= 0.6 is 0 Å². The molecule has 2 aliphatic rings. The molecule has 4 aromatic rings. The van der Waals surface area contributed by atoms with Gasteiger partial charge in [0.2, 0.25) is 11.8 Å². The Hall–Kier alpha value is -4.48. The molecule has 0 bridgehead atoms. The van der Waals surface area contributed by atoms with E-state index >= 15 is 0 Å². The topological polar surface area (TPSA) is 126 Å². The van der Waals surface area contributed by atoms with Crippen LogP contribution in [0.3, 0.4) is 0 Å². The zero-order valence-electron chi connectivity index (χ0n) is 29.8. The summed E-state index contributed by atoms with van der Waals surface area (Å²) >= 11 is 0. The fraction of sp³-hybridized carbons (Fsp3) is 0.487. The van der Waals surface area contributed by atoms with Gasteiger partial charge in [0.25, 0.3) is 0 Å². The van der Waals surface area contributed by atoms with Crippen LogP contribution in [-0.4, -0.2) is 83.3 Å². The number of hydrogen-bond donors (Lipinski definition) is 2. The predicted molar refractivity (Wildman–Crippen MR) is 192 cm³/mol. The van der Waals surface area contributed by atoms with Crippen LogP contribution in [0.1, 0.15) is 68.8 Å². The smallest absolute Gasteiger partial charge is 0.407 e. The lowest BCUT2D eigenvalue weighted by atomic mass is 9.90. The standard InChI is InChI=1S/C39H50N6O5/c1-5-18-44(3)24-36-42-34(25-50-36)32-15-14-29(30-8-7-9-31(30)32)26-10-12-27(13-11-26)33-22-40-35(41-33)23-45(19-6-2)38(46)37(43-39(47)48-4)28-16-20-49-21-17-28/h10-15,22,25,28,37H,5-9,16-21,23-24H2,1-4H3,(H,40,41)(H,43,47). The first-order valence-corrected chi connectivity index (χ1v) is 18.0. The second-order valence-electron chi connectivity index (χ2n) is 13.5. The molecule has 0 radical (unpaired) electrons. The second kappa shape index (κ2) is 16.5. The van der Waals surface area contributed by atoms with Gasteiger partial charge in [-0.15, -0.1) is 0 Å². The van der Waals surface area contributed by atoms with E-state index in [2.05, 4.69) is 70.6 Å². The van der Waals surface area contributed by atoms with E-state index in [-0.39, 0.29) is 11.8 Å². The Kier molecular flexibility index (Phi) is 11.7. The molecule has 2 amide bonds. The summed E-state index contributed by atoms with van der Waals surface area (Å²) in [6.07, 6.45) is 9.51. The van der Waals surface area contributed by atoms with E-state index in [0.717, 1.165) is 61.5 Å². The average molecular weight is 683 g/mol. The van der Waals surface area contributed by atoms with Gasteiger partial charge in [-0.25, -0.2) is 14.8 Å². The highest BCUT2D eigenvalue weighted by atomic mass is 16.5. The Bertz CT molecular complexity index is 1740. The lowest BCUT2D eigenvalue weighted by Gasteiger charge is -2.33. The molecule has 2 N–H and O–H groups in total. The van der Waals surface area contributed by atoms with E-state index in [1.165, 1.54) is 34.9 Å². The number of carbonyl (C=O) groups is 2. The van der Waals surface area contributed by atoms with Crippen LogP contribution in [0.5, 0.6) is 0 Å². The minimum absolute atomic E-state index is 0.0180. The second-order valence-corrected chi connectivity index (χ2v) is 13.5. The first kappa shape index (κ1) is 35.3. The van der Waals surface area contributed by atoms with Gasteiger partial charge in [0, 0.05) is 25.3 Å². The minimum Gasteiger partial charge on any atom is -0.453 e. The Morgan fingerprint density at radius 2 is 1.68 bits per heavy atom. The van der Waals surface area contributed by atoms with Crippen LogP contribution in [0.15, 0.2) is 53.3 Å². The van der Waals surface area contributed by atoms with Crippen molar-refractivity contribution in [3.05, 3.63) is 71.7 Å². The van der Waals surface area contributed by atoms with Crippen molar-refractivity contribution in [2.24, 2.45) is 5.92 Å². The number of rotatable bonds is 14. The predicted octanol–water partition coefficient (Wildman–Crippen LogP) is 6.62. The molecule has 266 valence electrons. The molecule has 1 aliphatic carbocycles. The van der Waals surface area contributed by atoms with Crippen molar-refractivity contribution in [2.45, 2.75) is 77.9 Å². The van der Waals surface area contributed by atoms with Gasteiger partial charge < -0.3 is 29.1 Å². The number of oxazole rings is 1. The van der Waals surface area contributed by atoms with Crippen molar-refractivity contribution in [1.82, 2.24) is 30.1 Å². The number of imidazole rings is 1. The number of nitrogens with zero attached hydrogens (tertiary/aromatic N) is 4. The van der Waals surface area contributed by atoms with Gasteiger partial charge in [0.05, 0.1) is 32.1 Å². The maximum Gasteiger partial charge on any atom is 0.407 e. The molecular formula is C39H50N6O5. The SMILES string of the molecule is CCCN(C)Cc1nc(-c2ccc(-c3ccc(-c4cnc(CN(CCC)C(=O)C(NC(=O)OC)C5CCOCC5)[nH]4)cc3)c3c2CCC3)co1. The van der Waals surface area contributed by atoms with E-state index in [1.807, 2.05) is 13.1 Å². The number of alkyl carbamates (subject to hydrolysis) is 1. The Morgan fingerprint density at radius 3 is 2.40 bits per heavy atom. The zero-order valence-corrected chi connectivity index (χ0v) is 29.8. The van der Waals surface area contributed by atoms with Crippen LogP contribution in [0.2, 0.25) is 0 Å². The van der Waals surface area contributed by atoms with Crippen LogP contribution in [0, 0.1) is 5.92 Å². The summed E-state index contributed by atoms with van der Waals surface area (Å²) in [5.74, 6) is 1.30. The Balaban J connectivity index is 1.16. The summed E-state index contributed by atoms with van der Waals surface area (Å²) in [5.41, 5.74) is 9.20. The molecule has 1 saturated heterocycles. The average Bonchev–Trinajstić information content (AvgIpc) is 3.92. The number of ether oxygens (including phenoxy) is 2. The van der Waals surface area contributed by atoms with Crippen molar-refractivity contribution in [3.63, 3.8) is 0 Å². The van der Waals surface area contributed by atoms with Gasteiger partial charge in [-0.1, -0.05) is 50.2 Å². The van der Waals surface area contributed by atoms with Gasteiger partial charge in [-0.05, 0) is 92.3 Å². The largest absolute Gasteiger partial charge is 0.453 e. The molecule has 0 saturated carbocycles. The summed E-state index contributed by atoms with van der Waals surface area (Å²) in [6.45, 7) is 7.93. The number of H-pyrrole nitrogens is 1. The highest BCUT2D eigenvalue weighted by molar-refractivity contribution is 5.86. The van der Waals surface area contributed by atoms with Crippen LogP contribution in [0.4, 0.5) is 4.79 Å². The van der Waals surface area contributed by atoms with E-state index in [0.29, 0.717) is 51.5 Å². The van der Waals surface area contributed by atoms with E-state index < -0.39 is 12.1 Å². The number of aromatic amines is 1. The van der Waals surface area contributed by atoms with Crippen molar-refractivity contribution >= 4 is 12.0 Å². The number of nitrogens with one attached hydrogen (secondary N) is 2. The van der Waals surface area contributed by atoms with Crippen LogP contribution < -0.4 is 5.32 Å². The number of methoxy groups -OCH3 is 1. The first-order chi connectivity index (χ1) is 24.4. The molecule has 11 heteroatoms. The van der Waals surface area contributed by atoms with E-state index in [4.69, 9.17) is 18.9 Å². The molecule has 1 atom stereocenters. The molecule has 6 rings (SSSR count). The molecule has 1 unspecified atom stereocenters. The molecule has 1 aliphatic heterocycles. The Morgan fingerprint density at radius 1 is 0.980 bits per heavy atom. The normalized spacial score (nSPS) is 15.2. The molecule has 11 nitrogen and oxygen atoms in total. The van der Waals surface area contributed by atoms with Crippen LogP contribution in [0.25, 0.3) is 33.6 Å². The maximum absolute atomic E-state index is 13.8. The van der Waals surface area contributed by atoms with Gasteiger partial charge in [-0.3, -0.25) is 9.69 Å². The van der Waals surface area contributed by atoms with Crippen molar-refractivity contribution in [3.8, 4) is 33.6 Å². The maximum atomic E-state index is 13.8. The number of fused-ring (bicyclic) bond motifs is 1. The Labute approximate surface area is 294 Å². The summed E-state index contributed by atoms with van der Waals surface area (Å²) in [7, 11) is 3.41. The van der Waals surface area contributed by atoms with Gasteiger partial charge in [0.15, 0.2) is 0 Å². The molecule has 2 aromatic carbocycles. The molecule has 1 fully saturated rings. The number of amides is 2. The van der Waals surface area contributed by atoms with Crippen molar-refractivity contribution < 1.29 is 23.5 Å². The highest BCUT2D eigenvalue weighted by Crippen LogP contribution is 2.39. The van der Waals surface area contributed by atoms with Gasteiger partial charge in [-0.2, -0.15) is 0 Å². The highest BCUT2D eigenvalue weighted by Gasteiger charge is 2.34. The summed E-state index contributed by atoms with van der Waals surface area (Å²) in [4.78, 5) is 43.0. The molecule has 0 spiro atoms. The third-order valence-electron chi connectivity index (χ3n) is 9.87. The third kappa shape index (κ3) is 8.11. The minimum atomic E-state index is -0.679. The van der Waals surface area contributed by atoms with Crippen molar-refractivity contribution in [2.75, 3.05) is 40.5 Å². The summed E-state index contributed by atoms with van der Waals surface area (Å²) in [6, 6.07) is 12.3. The molecule has 50 heavy (non-hydrogen) atoms. The molecular weight excluding hydrogens is 632 g/mol. The lowest BCUT2D eigenvalue weighted by Crippen LogP contribution is -2.53. The first-order valence-electron chi connectivity index (χ1n) is 18.0. The fourth-order valence-electron chi connectivity index (χ4n) is 7.37. The van der Waals surface area contributed by atoms with Crippen molar-refractivity contribution in [1.29, 1.82) is 0 Å². The van der Waals surface area contributed by atoms with E-state index in [9.17, 15) is 9.59 Å². The molecule has 3 heterocycles. The molecule has 2 aromatic heterocycles. The van der Waals surface area contributed by atoms with Gasteiger partial charge in [0.1, 0.15) is 23.8 Å². The van der Waals surface area contributed by atoms with Gasteiger partial charge >= 0.3 is 6.09 Å². The zero-order chi connectivity index (χ0) is 35.0. The third-order valence-corrected chi connectivity index (χ3v) is 9.87. The summed E-state index contributed by atoms with van der Waals surface area (Å²) in [5, 5.41) is 2.80. The summed E-state index contributed by atoms with van der Waals surface area (Å²) < 4.78 is 16.2.